The second kappa shape index (κ2) is 5.98. The van der Waals surface area contributed by atoms with Gasteiger partial charge in [-0.2, -0.15) is 0 Å². The first-order valence-electron chi connectivity index (χ1n) is 6.45. The van der Waals surface area contributed by atoms with E-state index in [1.165, 1.54) is 13.0 Å². The molecule has 0 bridgehead atoms. The normalized spacial score (nSPS) is 17.4. The third kappa shape index (κ3) is 2.95. The molecule has 1 aliphatic rings. The molecule has 1 fully saturated rings. The molecule has 0 unspecified atom stereocenters. The lowest BCUT2D eigenvalue weighted by Crippen LogP contribution is -2.39. The number of amides is 1. The lowest BCUT2D eigenvalue weighted by molar-refractivity contribution is -0.129. The van der Waals surface area contributed by atoms with Crippen molar-refractivity contribution in [1.29, 1.82) is 0 Å². The highest BCUT2D eigenvalue weighted by Crippen LogP contribution is 2.24. The fourth-order valence-electron chi connectivity index (χ4n) is 2.52. The molecule has 0 aromatic heterocycles. The molecule has 1 aromatic rings. The maximum Gasteiger partial charge on any atom is 0.219 e. The van der Waals surface area contributed by atoms with Crippen molar-refractivity contribution in [2.75, 3.05) is 13.1 Å². The number of hydrogen-bond donors (Lipinski definition) is 1. The average molecular weight is 282 g/mol. The predicted octanol–water partition coefficient (Wildman–Crippen LogP) is 2.40. The van der Waals surface area contributed by atoms with E-state index in [4.69, 9.17) is 5.21 Å². The SMILES string of the molecule is CC(=O)N1CCC(C(=NO)c2ccc(F)cc2F)CC1. The largest absolute Gasteiger partial charge is 0.411 e. The molecule has 1 N–H and O–H groups in total. The second-order valence-electron chi connectivity index (χ2n) is 4.89. The van der Waals surface area contributed by atoms with E-state index in [0.717, 1.165) is 12.1 Å². The Balaban J connectivity index is 2.16. The van der Waals surface area contributed by atoms with Crippen molar-refractivity contribution >= 4 is 11.6 Å². The number of piperidine rings is 1. The number of benzene rings is 1. The van der Waals surface area contributed by atoms with Crippen molar-refractivity contribution in [3.8, 4) is 0 Å². The Labute approximate surface area is 115 Å². The lowest BCUT2D eigenvalue weighted by Gasteiger charge is -2.31. The van der Waals surface area contributed by atoms with Gasteiger partial charge in [-0.3, -0.25) is 4.79 Å². The Hall–Kier alpha value is -1.98. The van der Waals surface area contributed by atoms with Gasteiger partial charge in [0.05, 0.1) is 5.71 Å². The minimum atomic E-state index is -0.744. The molecule has 4 nitrogen and oxygen atoms in total. The molecule has 6 heteroatoms. The molecular formula is C14H16F2N2O2. The van der Waals surface area contributed by atoms with Gasteiger partial charge in [-0.15, -0.1) is 0 Å². The highest BCUT2D eigenvalue weighted by molar-refractivity contribution is 6.02. The number of rotatable bonds is 2. The van der Waals surface area contributed by atoms with Crippen LogP contribution in [0.2, 0.25) is 0 Å². The molecule has 20 heavy (non-hydrogen) atoms. The van der Waals surface area contributed by atoms with Crippen molar-refractivity contribution in [3.05, 3.63) is 35.4 Å². The highest BCUT2D eigenvalue weighted by atomic mass is 19.1. The first kappa shape index (κ1) is 14.4. The molecule has 1 amide bonds. The zero-order chi connectivity index (χ0) is 14.7. The molecule has 2 rings (SSSR count). The van der Waals surface area contributed by atoms with Gasteiger partial charge in [-0.1, -0.05) is 5.16 Å². The summed E-state index contributed by atoms with van der Waals surface area (Å²) in [5, 5.41) is 12.3. The number of halogens is 2. The Morgan fingerprint density at radius 1 is 1.35 bits per heavy atom. The maximum absolute atomic E-state index is 13.8. The van der Waals surface area contributed by atoms with E-state index in [1.807, 2.05) is 0 Å². The fourth-order valence-corrected chi connectivity index (χ4v) is 2.52. The quantitative estimate of drug-likeness (QED) is 0.514. The van der Waals surface area contributed by atoms with Crippen LogP contribution in [0.1, 0.15) is 25.3 Å². The summed E-state index contributed by atoms with van der Waals surface area (Å²) in [7, 11) is 0. The molecule has 0 spiro atoms. The van der Waals surface area contributed by atoms with Crippen LogP contribution in [0.4, 0.5) is 8.78 Å². The molecular weight excluding hydrogens is 266 g/mol. The number of oxime groups is 1. The third-order valence-corrected chi connectivity index (χ3v) is 3.64. The summed E-state index contributed by atoms with van der Waals surface area (Å²) in [4.78, 5) is 13.0. The summed E-state index contributed by atoms with van der Waals surface area (Å²) in [5.41, 5.74) is 0.320. The van der Waals surface area contributed by atoms with E-state index in [9.17, 15) is 13.6 Å². The number of likely N-dealkylation sites (tertiary alicyclic amines) is 1. The van der Waals surface area contributed by atoms with Gasteiger partial charge in [0.2, 0.25) is 5.91 Å². The molecule has 1 aromatic carbocycles. The lowest BCUT2D eigenvalue weighted by atomic mass is 9.88. The minimum Gasteiger partial charge on any atom is -0.411 e. The fraction of sp³-hybridized carbons (Fsp3) is 0.429. The number of carbonyl (C=O) groups is 1. The van der Waals surface area contributed by atoms with Crippen LogP contribution in [-0.2, 0) is 4.79 Å². The van der Waals surface area contributed by atoms with Crippen LogP contribution in [0.3, 0.4) is 0 Å². The first-order valence-corrected chi connectivity index (χ1v) is 6.45. The summed E-state index contributed by atoms with van der Waals surface area (Å²) in [6, 6.07) is 3.18. The summed E-state index contributed by atoms with van der Waals surface area (Å²) in [6.07, 6.45) is 1.19. The van der Waals surface area contributed by atoms with Crippen LogP contribution >= 0.6 is 0 Å². The molecule has 1 saturated heterocycles. The van der Waals surface area contributed by atoms with Crippen LogP contribution in [0.15, 0.2) is 23.4 Å². The topological polar surface area (TPSA) is 52.9 Å². The Kier molecular flexibility index (Phi) is 4.32. The average Bonchev–Trinajstić information content (AvgIpc) is 2.42. The van der Waals surface area contributed by atoms with E-state index < -0.39 is 11.6 Å². The Morgan fingerprint density at radius 2 is 2.00 bits per heavy atom. The highest BCUT2D eigenvalue weighted by Gasteiger charge is 2.27. The molecule has 1 aliphatic heterocycles. The van der Waals surface area contributed by atoms with Gasteiger partial charge in [0, 0.05) is 37.6 Å². The monoisotopic (exact) mass is 282 g/mol. The molecule has 0 saturated carbocycles. The van der Waals surface area contributed by atoms with Crippen molar-refractivity contribution in [2.45, 2.75) is 19.8 Å². The zero-order valence-electron chi connectivity index (χ0n) is 11.1. The van der Waals surface area contributed by atoms with Gasteiger partial charge < -0.3 is 10.1 Å². The second-order valence-corrected chi connectivity index (χ2v) is 4.89. The van der Waals surface area contributed by atoms with E-state index in [2.05, 4.69) is 5.16 Å². The first-order chi connectivity index (χ1) is 9.52. The van der Waals surface area contributed by atoms with E-state index >= 15 is 0 Å². The van der Waals surface area contributed by atoms with Crippen LogP contribution in [0.5, 0.6) is 0 Å². The summed E-state index contributed by atoms with van der Waals surface area (Å²) in [6.45, 7) is 2.59. The van der Waals surface area contributed by atoms with Gasteiger partial charge in [0.15, 0.2) is 0 Å². The Morgan fingerprint density at radius 3 is 2.50 bits per heavy atom. The van der Waals surface area contributed by atoms with Crippen molar-refractivity contribution in [1.82, 2.24) is 4.90 Å². The zero-order valence-corrected chi connectivity index (χ0v) is 11.1. The molecule has 0 aliphatic carbocycles. The van der Waals surface area contributed by atoms with Crippen molar-refractivity contribution in [3.63, 3.8) is 0 Å². The summed E-state index contributed by atoms with van der Waals surface area (Å²) in [5.74, 6) is -1.56. The van der Waals surface area contributed by atoms with E-state index in [0.29, 0.717) is 25.9 Å². The van der Waals surface area contributed by atoms with Gasteiger partial charge in [0.1, 0.15) is 11.6 Å². The molecule has 1 heterocycles. The van der Waals surface area contributed by atoms with Gasteiger partial charge in [-0.25, -0.2) is 8.78 Å². The van der Waals surface area contributed by atoms with Gasteiger partial charge in [0.25, 0.3) is 0 Å². The van der Waals surface area contributed by atoms with E-state index in [-0.39, 0.29) is 23.1 Å². The van der Waals surface area contributed by atoms with Crippen molar-refractivity contribution in [2.24, 2.45) is 11.1 Å². The van der Waals surface area contributed by atoms with Gasteiger partial charge >= 0.3 is 0 Å². The van der Waals surface area contributed by atoms with Gasteiger partial charge in [-0.05, 0) is 25.0 Å². The van der Waals surface area contributed by atoms with Crippen LogP contribution in [0.25, 0.3) is 0 Å². The standard InChI is InChI=1S/C14H16F2N2O2/c1-9(19)18-6-4-10(5-7-18)14(17-20)12-3-2-11(15)8-13(12)16/h2-3,8,10,20H,4-7H2,1H3. The van der Waals surface area contributed by atoms with Crippen LogP contribution in [-0.4, -0.2) is 34.8 Å². The van der Waals surface area contributed by atoms with Crippen LogP contribution < -0.4 is 0 Å². The molecule has 0 radical (unpaired) electrons. The molecule has 0 atom stereocenters. The minimum absolute atomic E-state index is 0.00102. The number of hydrogen-bond acceptors (Lipinski definition) is 3. The number of carbonyl (C=O) groups excluding carboxylic acids is 1. The third-order valence-electron chi connectivity index (χ3n) is 3.64. The van der Waals surface area contributed by atoms with Crippen molar-refractivity contribution < 1.29 is 18.8 Å². The maximum atomic E-state index is 13.8. The summed E-state index contributed by atoms with van der Waals surface area (Å²) < 4.78 is 26.7. The summed E-state index contributed by atoms with van der Waals surface area (Å²) >= 11 is 0. The van der Waals surface area contributed by atoms with Crippen LogP contribution in [0, 0.1) is 17.6 Å². The Bertz CT molecular complexity index is 538. The van der Waals surface area contributed by atoms with E-state index in [1.54, 1.807) is 4.90 Å². The smallest absolute Gasteiger partial charge is 0.219 e. The predicted molar refractivity (Wildman–Crippen MR) is 69.7 cm³/mol. The molecule has 108 valence electrons. The number of nitrogens with zero attached hydrogens (tertiary/aromatic N) is 2.